The average molecular weight is 348 g/mol. The molecule has 2 amide bonds. The molecule has 25 heavy (non-hydrogen) atoms. The monoisotopic (exact) mass is 348 g/mol. The number of amides is 2. The summed E-state index contributed by atoms with van der Waals surface area (Å²) >= 11 is 0. The Kier molecular flexibility index (Phi) is 6.96. The van der Waals surface area contributed by atoms with Crippen molar-refractivity contribution in [3.63, 3.8) is 0 Å². The average Bonchev–Trinajstić information content (AvgIpc) is 2.66. The van der Waals surface area contributed by atoms with Gasteiger partial charge in [-0.3, -0.25) is 9.59 Å². The lowest BCUT2D eigenvalue weighted by atomic mass is 9.88. The van der Waals surface area contributed by atoms with Crippen molar-refractivity contribution >= 4 is 17.5 Å². The molecule has 0 unspecified atom stereocenters. The lowest BCUT2D eigenvalue weighted by molar-refractivity contribution is -0.142. The number of carbonyl (C=O) groups is 2. The normalized spacial score (nSPS) is 17.8. The van der Waals surface area contributed by atoms with Crippen LogP contribution in [0.4, 0.5) is 5.69 Å². The zero-order chi connectivity index (χ0) is 18.4. The lowest BCUT2D eigenvalue weighted by Gasteiger charge is -2.34. The van der Waals surface area contributed by atoms with E-state index in [4.69, 9.17) is 9.47 Å². The molecule has 0 spiro atoms. The van der Waals surface area contributed by atoms with Crippen LogP contribution in [0.5, 0.6) is 0 Å². The summed E-state index contributed by atoms with van der Waals surface area (Å²) in [5, 5.41) is 2.96. The number of rotatable bonds is 6. The Morgan fingerprint density at radius 3 is 2.28 bits per heavy atom. The third-order valence-electron chi connectivity index (χ3n) is 4.89. The maximum absolute atomic E-state index is 12.2. The van der Waals surface area contributed by atoms with Gasteiger partial charge in [-0.15, -0.1) is 0 Å². The molecule has 0 aliphatic carbocycles. The van der Waals surface area contributed by atoms with E-state index in [0.29, 0.717) is 19.0 Å². The first-order valence-electron chi connectivity index (χ1n) is 8.72. The number of hydrogen-bond acceptors (Lipinski definition) is 4. The van der Waals surface area contributed by atoms with E-state index < -0.39 is 12.2 Å². The van der Waals surface area contributed by atoms with Gasteiger partial charge in [-0.1, -0.05) is 18.2 Å². The van der Waals surface area contributed by atoms with Crippen molar-refractivity contribution in [3.05, 3.63) is 29.8 Å². The molecule has 1 N–H and O–H groups in total. The van der Waals surface area contributed by atoms with Crippen molar-refractivity contribution in [2.24, 2.45) is 0 Å². The fourth-order valence-electron chi connectivity index (χ4n) is 3.08. The van der Waals surface area contributed by atoms with Crippen LogP contribution in [0.1, 0.15) is 38.2 Å². The van der Waals surface area contributed by atoms with Crippen LogP contribution in [0.25, 0.3) is 0 Å². The number of likely N-dealkylation sites (tertiary alicyclic amines) is 1. The van der Waals surface area contributed by atoms with Crippen LogP contribution in [0.15, 0.2) is 24.3 Å². The number of ether oxygens (including phenoxy) is 2. The number of benzene rings is 1. The van der Waals surface area contributed by atoms with Crippen LogP contribution in [0, 0.1) is 0 Å². The standard InChI is InChI=1S/C19H28N2O4/c1-13(24-3)18(22)20-17-8-6-5-7-16(17)15-9-11-21(12-10-15)19(23)14(2)25-4/h5-8,13-15H,9-12H2,1-4H3,(H,20,22)/t13-,14+/m1/s1. The van der Waals surface area contributed by atoms with Gasteiger partial charge >= 0.3 is 0 Å². The zero-order valence-electron chi connectivity index (χ0n) is 15.5. The van der Waals surface area contributed by atoms with Crippen LogP contribution in [0.2, 0.25) is 0 Å². The second kappa shape index (κ2) is 8.97. The molecule has 2 rings (SSSR count). The van der Waals surface area contributed by atoms with Gasteiger partial charge in [0.2, 0.25) is 0 Å². The van der Waals surface area contributed by atoms with Gasteiger partial charge in [0.25, 0.3) is 11.8 Å². The number of nitrogens with zero attached hydrogens (tertiary/aromatic N) is 1. The molecule has 1 fully saturated rings. The molecule has 1 aromatic carbocycles. The van der Waals surface area contributed by atoms with Gasteiger partial charge < -0.3 is 19.7 Å². The Bertz CT molecular complexity index is 597. The number of hydrogen-bond donors (Lipinski definition) is 1. The van der Waals surface area contributed by atoms with Crippen molar-refractivity contribution in [2.45, 2.75) is 44.8 Å². The second-order valence-electron chi connectivity index (χ2n) is 6.43. The van der Waals surface area contributed by atoms with E-state index in [-0.39, 0.29) is 11.8 Å². The minimum Gasteiger partial charge on any atom is -0.372 e. The zero-order valence-corrected chi connectivity index (χ0v) is 15.5. The summed E-state index contributed by atoms with van der Waals surface area (Å²) in [7, 11) is 3.07. The topological polar surface area (TPSA) is 67.9 Å². The van der Waals surface area contributed by atoms with Gasteiger partial charge in [0.05, 0.1) is 0 Å². The molecule has 138 valence electrons. The molecular formula is C19H28N2O4. The third kappa shape index (κ3) is 4.80. The smallest absolute Gasteiger partial charge is 0.253 e. The van der Waals surface area contributed by atoms with E-state index in [1.165, 1.54) is 7.11 Å². The molecule has 1 saturated heterocycles. The molecule has 6 nitrogen and oxygen atoms in total. The van der Waals surface area contributed by atoms with Gasteiger partial charge in [-0.05, 0) is 44.2 Å². The first kappa shape index (κ1) is 19.4. The number of anilines is 1. The number of nitrogens with one attached hydrogen (secondary N) is 1. The van der Waals surface area contributed by atoms with Crippen LogP contribution in [0.3, 0.4) is 0 Å². The minimum absolute atomic E-state index is 0.0384. The minimum atomic E-state index is -0.497. The number of carbonyl (C=O) groups excluding carboxylic acids is 2. The fraction of sp³-hybridized carbons (Fsp3) is 0.579. The molecule has 0 aromatic heterocycles. The summed E-state index contributed by atoms with van der Waals surface area (Å²) in [6.07, 6.45) is 0.839. The van der Waals surface area contributed by atoms with Gasteiger partial charge in [-0.25, -0.2) is 0 Å². The quantitative estimate of drug-likeness (QED) is 0.857. The summed E-state index contributed by atoms with van der Waals surface area (Å²) < 4.78 is 10.2. The molecule has 1 aromatic rings. The number of para-hydroxylation sites is 1. The Hall–Kier alpha value is -1.92. The molecule has 0 saturated carbocycles. The van der Waals surface area contributed by atoms with Crippen molar-refractivity contribution in [2.75, 3.05) is 32.6 Å². The Balaban J connectivity index is 2.04. The van der Waals surface area contributed by atoms with Crippen molar-refractivity contribution in [1.29, 1.82) is 0 Å². The van der Waals surface area contributed by atoms with Gasteiger partial charge in [-0.2, -0.15) is 0 Å². The fourth-order valence-corrected chi connectivity index (χ4v) is 3.08. The van der Waals surface area contributed by atoms with Crippen molar-refractivity contribution in [1.82, 2.24) is 4.90 Å². The first-order valence-corrected chi connectivity index (χ1v) is 8.72. The highest BCUT2D eigenvalue weighted by Gasteiger charge is 2.28. The summed E-state index contributed by atoms with van der Waals surface area (Å²) in [4.78, 5) is 26.2. The van der Waals surface area contributed by atoms with E-state index in [9.17, 15) is 9.59 Å². The van der Waals surface area contributed by atoms with Crippen molar-refractivity contribution in [3.8, 4) is 0 Å². The van der Waals surface area contributed by atoms with E-state index in [0.717, 1.165) is 24.1 Å². The van der Waals surface area contributed by atoms with Crippen molar-refractivity contribution < 1.29 is 19.1 Å². The maximum atomic E-state index is 12.2. The van der Waals surface area contributed by atoms with Crippen LogP contribution in [-0.2, 0) is 19.1 Å². The molecule has 2 atom stereocenters. The van der Waals surface area contributed by atoms with Crippen LogP contribution in [-0.4, -0.2) is 56.2 Å². The highest BCUT2D eigenvalue weighted by Crippen LogP contribution is 2.33. The van der Waals surface area contributed by atoms with Gasteiger partial charge in [0, 0.05) is 33.0 Å². The second-order valence-corrected chi connectivity index (χ2v) is 6.43. The number of methoxy groups -OCH3 is 2. The van der Waals surface area contributed by atoms with Crippen LogP contribution < -0.4 is 5.32 Å². The molecule has 1 aliphatic rings. The summed E-state index contributed by atoms with van der Waals surface area (Å²) in [6, 6.07) is 7.86. The lowest BCUT2D eigenvalue weighted by Crippen LogP contribution is -2.43. The summed E-state index contributed by atoms with van der Waals surface area (Å²) in [5.74, 6) is 0.198. The third-order valence-corrected chi connectivity index (χ3v) is 4.89. The Labute approximate surface area is 149 Å². The first-order chi connectivity index (χ1) is 12.0. The predicted molar refractivity (Wildman–Crippen MR) is 96.6 cm³/mol. The SMILES string of the molecule is CO[C@@H](C)C(=O)N1CCC(c2ccccc2NC(=O)[C@@H](C)OC)CC1. The summed E-state index contributed by atoms with van der Waals surface area (Å²) in [5.41, 5.74) is 1.94. The van der Waals surface area contributed by atoms with Gasteiger partial charge in [0.1, 0.15) is 12.2 Å². The molecular weight excluding hydrogens is 320 g/mol. The van der Waals surface area contributed by atoms with E-state index in [1.54, 1.807) is 21.0 Å². The highest BCUT2D eigenvalue weighted by molar-refractivity contribution is 5.94. The van der Waals surface area contributed by atoms with E-state index in [2.05, 4.69) is 5.32 Å². The maximum Gasteiger partial charge on any atom is 0.253 e. The molecule has 0 radical (unpaired) electrons. The Morgan fingerprint density at radius 1 is 1.08 bits per heavy atom. The molecule has 0 bridgehead atoms. The highest BCUT2D eigenvalue weighted by atomic mass is 16.5. The Morgan fingerprint density at radius 2 is 1.68 bits per heavy atom. The summed E-state index contributed by atoms with van der Waals surface area (Å²) in [6.45, 7) is 4.90. The predicted octanol–water partition coefficient (Wildman–Crippen LogP) is 2.40. The van der Waals surface area contributed by atoms with E-state index >= 15 is 0 Å². The molecule has 1 aliphatic heterocycles. The van der Waals surface area contributed by atoms with Gasteiger partial charge in [0.15, 0.2) is 0 Å². The number of piperidine rings is 1. The van der Waals surface area contributed by atoms with Crippen LogP contribution >= 0.6 is 0 Å². The van der Waals surface area contributed by atoms with E-state index in [1.807, 2.05) is 29.2 Å². The molecule has 1 heterocycles. The molecule has 6 heteroatoms. The largest absolute Gasteiger partial charge is 0.372 e.